The monoisotopic (exact) mass is 481 g/mol. The number of carbonyl (C=O) groups excluding carboxylic acids is 1. The second-order valence-corrected chi connectivity index (χ2v) is 10.3. The van der Waals surface area contributed by atoms with Gasteiger partial charge in [0.15, 0.2) is 0 Å². The Morgan fingerprint density at radius 2 is 1.91 bits per heavy atom. The highest BCUT2D eigenvalue weighted by atomic mass is 32.2. The first-order chi connectivity index (χ1) is 15.8. The van der Waals surface area contributed by atoms with Crippen molar-refractivity contribution in [3.05, 3.63) is 89.3 Å². The molecule has 33 heavy (non-hydrogen) atoms. The van der Waals surface area contributed by atoms with Gasteiger partial charge in [-0.2, -0.15) is 0 Å². The van der Waals surface area contributed by atoms with Crippen LogP contribution in [0.3, 0.4) is 0 Å². The number of benzene rings is 2. The fraction of sp³-hybridized carbons (Fsp3) is 0.167. The first-order valence-corrected chi connectivity index (χ1v) is 12.6. The summed E-state index contributed by atoms with van der Waals surface area (Å²) in [5.41, 5.74) is 1.64. The number of aromatic nitrogens is 1. The number of hydrogen-bond acceptors (Lipinski definition) is 6. The first-order valence-electron chi connectivity index (χ1n) is 10.3. The van der Waals surface area contributed by atoms with Gasteiger partial charge in [-0.3, -0.25) is 4.79 Å². The quantitative estimate of drug-likeness (QED) is 0.371. The summed E-state index contributed by atoms with van der Waals surface area (Å²) in [7, 11) is -1.93. The van der Waals surface area contributed by atoms with E-state index < -0.39 is 10.0 Å². The molecule has 1 atom stereocenters. The molecule has 7 nitrogen and oxygen atoms in total. The van der Waals surface area contributed by atoms with Crippen molar-refractivity contribution in [1.82, 2.24) is 14.6 Å². The standard InChI is InChI=1S/C24H23N3O4S2/c1-17(24-26-21-7-3-4-8-22(21)32-24)27(2)23(28)14-11-18-9-12-20(13-10-18)33(29,30)25-16-19-6-5-15-31-19/h3-15,17,25H,16H2,1-2H3/b14-11+/t17-/m1/s1. The molecule has 2 aromatic carbocycles. The molecule has 0 fully saturated rings. The lowest BCUT2D eigenvalue weighted by Crippen LogP contribution is -2.27. The van der Waals surface area contributed by atoms with Crippen LogP contribution in [0.5, 0.6) is 0 Å². The molecule has 0 aliphatic rings. The van der Waals surface area contributed by atoms with Gasteiger partial charge in [0.2, 0.25) is 15.9 Å². The predicted molar refractivity (Wildman–Crippen MR) is 129 cm³/mol. The summed E-state index contributed by atoms with van der Waals surface area (Å²) in [6, 6.07) is 17.4. The van der Waals surface area contributed by atoms with Crippen molar-refractivity contribution in [2.24, 2.45) is 0 Å². The normalized spacial score (nSPS) is 12.9. The molecular weight excluding hydrogens is 458 g/mol. The Kier molecular flexibility index (Phi) is 6.73. The van der Waals surface area contributed by atoms with Crippen molar-refractivity contribution in [2.75, 3.05) is 7.05 Å². The number of carbonyl (C=O) groups is 1. The SMILES string of the molecule is C[C@H](c1nc2ccccc2s1)N(C)C(=O)/C=C/c1ccc(S(=O)(=O)NCc2ccco2)cc1. The Morgan fingerprint density at radius 1 is 1.15 bits per heavy atom. The van der Waals surface area contributed by atoms with E-state index in [1.54, 1.807) is 53.6 Å². The highest BCUT2D eigenvalue weighted by Crippen LogP contribution is 2.29. The van der Waals surface area contributed by atoms with Crippen LogP contribution < -0.4 is 4.72 Å². The molecule has 0 unspecified atom stereocenters. The summed E-state index contributed by atoms with van der Waals surface area (Å²) < 4.78 is 33.6. The molecule has 2 aromatic heterocycles. The lowest BCUT2D eigenvalue weighted by molar-refractivity contribution is -0.126. The van der Waals surface area contributed by atoms with Crippen molar-refractivity contribution >= 4 is 43.6 Å². The second kappa shape index (κ2) is 9.70. The van der Waals surface area contributed by atoms with E-state index in [4.69, 9.17) is 4.42 Å². The van der Waals surface area contributed by atoms with Gasteiger partial charge in [0.05, 0.1) is 34.0 Å². The van der Waals surface area contributed by atoms with Crippen LogP contribution in [-0.4, -0.2) is 31.3 Å². The summed E-state index contributed by atoms with van der Waals surface area (Å²) in [4.78, 5) is 19.1. The summed E-state index contributed by atoms with van der Waals surface area (Å²) >= 11 is 1.57. The van der Waals surface area contributed by atoms with Crippen LogP contribution >= 0.6 is 11.3 Å². The van der Waals surface area contributed by atoms with Gasteiger partial charge >= 0.3 is 0 Å². The van der Waals surface area contributed by atoms with E-state index >= 15 is 0 Å². The van der Waals surface area contributed by atoms with Crippen molar-refractivity contribution in [3.8, 4) is 0 Å². The molecule has 0 spiro atoms. The number of likely N-dealkylation sites (N-methyl/N-ethyl adjacent to an activating group) is 1. The molecule has 0 aliphatic carbocycles. The van der Waals surface area contributed by atoms with Crippen LogP contribution in [0.25, 0.3) is 16.3 Å². The van der Waals surface area contributed by atoms with Gasteiger partial charge in [-0.1, -0.05) is 24.3 Å². The topological polar surface area (TPSA) is 92.5 Å². The first kappa shape index (κ1) is 22.9. The fourth-order valence-corrected chi connectivity index (χ4v) is 5.19. The molecule has 0 saturated carbocycles. The Labute approximate surface area is 196 Å². The zero-order valence-electron chi connectivity index (χ0n) is 18.1. The van der Waals surface area contributed by atoms with Crippen molar-refractivity contribution in [2.45, 2.75) is 24.4 Å². The lowest BCUT2D eigenvalue weighted by atomic mass is 10.2. The van der Waals surface area contributed by atoms with E-state index in [-0.39, 0.29) is 23.4 Å². The molecule has 4 aromatic rings. The highest BCUT2D eigenvalue weighted by molar-refractivity contribution is 7.89. The third-order valence-corrected chi connectivity index (χ3v) is 7.85. The van der Waals surface area contributed by atoms with Gasteiger partial charge in [-0.05, 0) is 55.0 Å². The molecule has 9 heteroatoms. The van der Waals surface area contributed by atoms with Gasteiger partial charge < -0.3 is 9.32 Å². The molecule has 0 radical (unpaired) electrons. The summed E-state index contributed by atoms with van der Waals surface area (Å²) in [6.07, 6.45) is 4.63. The predicted octanol–water partition coefficient (Wildman–Crippen LogP) is 4.60. The minimum atomic E-state index is -3.67. The minimum Gasteiger partial charge on any atom is -0.468 e. The molecule has 4 rings (SSSR count). The zero-order chi connectivity index (χ0) is 23.4. The third-order valence-electron chi connectivity index (χ3n) is 5.22. The summed E-state index contributed by atoms with van der Waals surface area (Å²) in [5.74, 6) is 0.361. The maximum absolute atomic E-state index is 12.7. The number of nitrogens with zero attached hydrogens (tertiary/aromatic N) is 2. The average Bonchev–Trinajstić information content (AvgIpc) is 3.50. The number of para-hydroxylation sites is 1. The van der Waals surface area contributed by atoms with Gasteiger partial charge in [0.1, 0.15) is 10.8 Å². The van der Waals surface area contributed by atoms with Gasteiger partial charge in [-0.15, -0.1) is 11.3 Å². The molecule has 1 N–H and O–H groups in total. The third kappa shape index (κ3) is 5.39. The second-order valence-electron chi connectivity index (χ2n) is 7.45. The lowest BCUT2D eigenvalue weighted by Gasteiger charge is -2.21. The van der Waals surface area contributed by atoms with E-state index in [0.717, 1.165) is 20.8 Å². The Bertz CT molecular complexity index is 1340. The number of rotatable bonds is 8. The van der Waals surface area contributed by atoms with E-state index in [1.165, 1.54) is 24.5 Å². The number of thiazole rings is 1. The largest absolute Gasteiger partial charge is 0.468 e. The molecule has 1 amide bonds. The van der Waals surface area contributed by atoms with E-state index in [9.17, 15) is 13.2 Å². The number of fused-ring (bicyclic) bond motifs is 1. The van der Waals surface area contributed by atoms with Crippen LogP contribution in [0.4, 0.5) is 0 Å². The zero-order valence-corrected chi connectivity index (χ0v) is 19.8. The van der Waals surface area contributed by atoms with Gasteiger partial charge in [0, 0.05) is 13.1 Å². The molecule has 0 saturated heterocycles. The van der Waals surface area contributed by atoms with Crippen molar-refractivity contribution < 1.29 is 17.6 Å². The van der Waals surface area contributed by atoms with E-state index in [2.05, 4.69) is 9.71 Å². The number of nitrogens with one attached hydrogen (secondary N) is 1. The van der Waals surface area contributed by atoms with E-state index in [0.29, 0.717) is 5.76 Å². The Balaban J connectivity index is 1.39. The maximum atomic E-state index is 12.7. The van der Waals surface area contributed by atoms with Crippen molar-refractivity contribution in [3.63, 3.8) is 0 Å². The molecule has 2 heterocycles. The van der Waals surface area contributed by atoms with Gasteiger partial charge in [-0.25, -0.2) is 18.1 Å². The summed E-state index contributed by atoms with van der Waals surface area (Å²) in [6.45, 7) is 2.02. The Morgan fingerprint density at radius 3 is 2.61 bits per heavy atom. The minimum absolute atomic E-state index is 0.0741. The Hall–Kier alpha value is -3.27. The average molecular weight is 482 g/mol. The fourth-order valence-electron chi connectivity index (χ4n) is 3.13. The van der Waals surface area contributed by atoms with E-state index in [1.807, 2.05) is 31.2 Å². The number of furan rings is 1. The molecule has 0 aliphatic heterocycles. The summed E-state index contributed by atoms with van der Waals surface area (Å²) in [5, 5.41) is 0.872. The van der Waals surface area contributed by atoms with Crippen LogP contribution in [-0.2, 0) is 21.4 Å². The maximum Gasteiger partial charge on any atom is 0.246 e. The number of sulfonamides is 1. The van der Waals surface area contributed by atoms with Crippen LogP contribution in [0, 0.1) is 0 Å². The smallest absolute Gasteiger partial charge is 0.246 e. The number of amides is 1. The molecule has 170 valence electrons. The highest BCUT2D eigenvalue weighted by Gasteiger charge is 2.19. The van der Waals surface area contributed by atoms with Crippen LogP contribution in [0.1, 0.15) is 29.3 Å². The van der Waals surface area contributed by atoms with Crippen LogP contribution in [0.15, 0.2) is 82.3 Å². The van der Waals surface area contributed by atoms with Gasteiger partial charge in [0.25, 0.3) is 0 Å². The van der Waals surface area contributed by atoms with Crippen molar-refractivity contribution in [1.29, 1.82) is 0 Å². The van der Waals surface area contributed by atoms with Crippen LogP contribution in [0.2, 0.25) is 0 Å². The number of hydrogen-bond donors (Lipinski definition) is 1. The molecular formula is C24H23N3O4S2. The molecule has 0 bridgehead atoms.